The molecule has 38 heavy (non-hydrogen) atoms. The Morgan fingerprint density at radius 3 is 0.500 bits per heavy atom. The van der Waals surface area contributed by atoms with Gasteiger partial charge in [-0.15, -0.1) is 0 Å². The largest absolute Gasteiger partial charge is 3.00 e. The number of rotatable bonds is 15. The van der Waals surface area contributed by atoms with Crippen molar-refractivity contribution in [1.29, 1.82) is 0 Å². The normalized spacial score (nSPS) is 8.68. The van der Waals surface area contributed by atoms with Crippen LogP contribution in [0.15, 0.2) is 0 Å². The van der Waals surface area contributed by atoms with Crippen LogP contribution in [0.2, 0.25) is 0 Å². The molecule has 0 aromatic carbocycles. The van der Waals surface area contributed by atoms with Gasteiger partial charge in [-0.2, -0.15) is 0 Å². The van der Waals surface area contributed by atoms with Gasteiger partial charge in [0.05, 0.1) is 0 Å². The van der Waals surface area contributed by atoms with E-state index in [-0.39, 0.29) is 73.2 Å². The van der Waals surface area contributed by atoms with Crippen molar-refractivity contribution in [3.05, 3.63) is 0 Å². The first-order chi connectivity index (χ1) is 17.1. The first-order valence-corrected chi connectivity index (χ1v) is 10.1. The molecule has 0 fully saturated rings. The molecule has 0 aliphatic heterocycles. The Balaban J connectivity index is -0.000000140. The zero-order chi connectivity index (χ0) is 28.2. The van der Waals surface area contributed by atoms with E-state index in [0.29, 0.717) is 38.5 Å². The van der Waals surface area contributed by atoms with Crippen LogP contribution < -0.4 is 31.5 Å². The minimum absolute atomic E-state index is 0. The summed E-state index contributed by atoms with van der Waals surface area (Å²) in [5.41, 5.74) is 0. The molecule has 0 aromatic heterocycles. The average Bonchev–Trinajstić information content (AvgIpc) is 2.90. The smallest absolute Gasteiger partial charge is 0.662 e. The van der Waals surface area contributed by atoms with E-state index in [1.807, 2.05) is 0 Å². The fraction of sp³-hybridized carbons (Fsp3) is 0.667. The predicted molar refractivity (Wildman–Crippen MR) is 103 cm³/mol. The maximum absolute atomic E-state index is 10.2. The van der Waals surface area contributed by atoms with Crippen molar-refractivity contribution < 1.29 is 89.6 Å². The average molecular weight is 582 g/mol. The van der Waals surface area contributed by atoms with Crippen molar-refractivity contribution in [3.8, 4) is 0 Å². The van der Waals surface area contributed by atoms with Crippen molar-refractivity contribution in [3.63, 3.8) is 0 Å². The maximum atomic E-state index is 10.2. The zero-order valence-electron chi connectivity index (χ0n) is 20.0. The second-order valence-corrected chi connectivity index (χ2v) is 6.35. The number of unbranched alkanes of at least 4 members (excludes halogenated alkanes) is 3. The van der Waals surface area contributed by atoms with E-state index < -0.39 is 35.8 Å². The van der Waals surface area contributed by atoms with Crippen LogP contribution in [0.4, 0.5) is 0 Å². The van der Waals surface area contributed by atoms with Gasteiger partial charge in [0.15, 0.2) is 0 Å². The number of hydrogen-bond acceptors (Lipinski definition) is 18. The van der Waals surface area contributed by atoms with Crippen LogP contribution in [-0.2, 0) is 58.1 Å². The van der Waals surface area contributed by atoms with Crippen molar-refractivity contribution in [1.82, 2.24) is 0 Å². The van der Waals surface area contributed by atoms with Crippen molar-refractivity contribution in [2.75, 3.05) is 0 Å². The van der Waals surface area contributed by atoms with Gasteiger partial charge in [-0.1, -0.05) is 0 Å². The zero-order valence-corrected chi connectivity index (χ0v) is 22.3. The third-order valence-corrected chi connectivity index (χ3v) is 3.59. The summed E-state index contributed by atoms with van der Waals surface area (Å²) in [7, 11) is 0. The van der Waals surface area contributed by atoms with E-state index in [9.17, 15) is 60.3 Å². The van der Waals surface area contributed by atoms with Crippen LogP contribution in [0.5, 0.6) is 0 Å². The number of carbonyl (C=O) groups excluding carboxylic acids is 6. The van der Waals surface area contributed by atoms with Gasteiger partial charge < -0.3 is 60.9 Å². The van der Waals surface area contributed by atoms with Crippen LogP contribution in [-0.4, -0.2) is 70.5 Å². The molecule has 210 valence electrons. The Morgan fingerprint density at radius 1 is 0.316 bits per heavy atom. The summed E-state index contributed by atoms with van der Waals surface area (Å²) < 4.78 is 0. The molecular weight excluding hydrogens is 558 g/mol. The van der Waals surface area contributed by atoms with E-state index in [1.54, 1.807) is 0 Å². The third kappa shape index (κ3) is 38.2. The maximum Gasteiger partial charge on any atom is 3.00 e. The van der Waals surface area contributed by atoms with E-state index in [2.05, 4.69) is 29.3 Å². The van der Waals surface area contributed by atoms with Crippen LogP contribution in [0, 0.1) is 0 Å². The van der Waals surface area contributed by atoms with Gasteiger partial charge >= 0.3 is 34.7 Å². The molecule has 0 saturated heterocycles. The molecule has 18 nitrogen and oxygen atoms in total. The van der Waals surface area contributed by atoms with E-state index in [0.717, 1.165) is 0 Å². The molecule has 0 N–H and O–H groups in total. The van der Waals surface area contributed by atoms with E-state index >= 15 is 0 Å². The second-order valence-electron chi connectivity index (χ2n) is 6.35. The Labute approximate surface area is 237 Å². The second kappa shape index (κ2) is 34.6. The summed E-state index contributed by atoms with van der Waals surface area (Å²) in [6.45, 7) is 0. The topological polar surface area (TPSA) is 296 Å². The van der Waals surface area contributed by atoms with Gasteiger partial charge in [-0.3, -0.25) is 28.8 Å². The fourth-order valence-electron chi connectivity index (χ4n) is 1.87. The minimum Gasteiger partial charge on any atom is -0.662 e. The predicted octanol–water partition coefficient (Wildman–Crippen LogP) is -6.21. The summed E-state index contributed by atoms with van der Waals surface area (Å²) in [4.78, 5) is 80.0. The van der Waals surface area contributed by atoms with Gasteiger partial charge in [0.2, 0.25) is 0 Å². The molecule has 0 heterocycles. The summed E-state index contributed by atoms with van der Waals surface area (Å²) in [6, 6.07) is 0. The Hall–Kier alpha value is -2.36. The SMILES string of the molecule is O=C(CCCCC(=O)O[O-])O[O-].O=C(CCCCC(=O)O[O-])O[O-].O=C(CCCCC(=O)O[O-])O[O-].[Al+3].[Al+3]. The van der Waals surface area contributed by atoms with Crippen molar-refractivity contribution in [2.24, 2.45) is 0 Å². The van der Waals surface area contributed by atoms with Crippen LogP contribution in [0.3, 0.4) is 0 Å². The van der Waals surface area contributed by atoms with Gasteiger partial charge in [0, 0.05) is 38.5 Å². The standard InChI is InChI=1S/3C6H10O6.2Al/c3*7-5(11-9)3-1-2-4-6(8)12-10;;/h3*9-10H,1-4H2;;/q;;;2*+3/p-6. The molecule has 20 heteroatoms. The Bertz CT molecular complexity index is 505. The van der Waals surface area contributed by atoms with Crippen molar-refractivity contribution >= 4 is 70.5 Å². The van der Waals surface area contributed by atoms with Gasteiger partial charge in [0.1, 0.15) is 0 Å². The summed E-state index contributed by atoms with van der Waals surface area (Å²) in [5.74, 6) is -5.22. The van der Waals surface area contributed by atoms with E-state index in [1.165, 1.54) is 0 Å². The van der Waals surface area contributed by atoms with Crippen LogP contribution in [0.25, 0.3) is 0 Å². The van der Waals surface area contributed by atoms with Gasteiger partial charge in [-0.25, -0.2) is 0 Å². The van der Waals surface area contributed by atoms with Crippen molar-refractivity contribution in [2.45, 2.75) is 77.0 Å². The Morgan fingerprint density at radius 2 is 0.421 bits per heavy atom. The molecule has 0 aliphatic carbocycles. The minimum atomic E-state index is -0.870. The van der Waals surface area contributed by atoms with Crippen LogP contribution in [0.1, 0.15) is 77.0 Å². The molecule has 0 aliphatic rings. The van der Waals surface area contributed by atoms with Gasteiger partial charge in [-0.05, 0) is 38.5 Å². The molecule has 0 radical (unpaired) electrons. The molecular formula is C18H24Al2O18. The molecule has 0 amide bonds. The monoisotopic (exact) mass is 582 g/mol. The summed E-state index contributed by atoms with van der Waals surface area (Å²) in [5, 5.41) is 56.5. The molecule has 0 unspecified atom stereocenters. The first kappa shape index (κ1) is 45.6. The number of hydrogen-bond donors (Lipinski definition) is 0. The molecule has 0 saturated carbocycles. The first-order valence-electron chi connectivity index (χ1n) is 10.1. The quantitative estimate of drug-likeness (QED) is 0.0750. The Kier molecular flexibility index (Phi) is 41.5. The summed E-state index contributed by atoms with van der Waals surface area (Å²) >= 11 is 0. The molecule has 0 rings (SSSR count). The third-order valence-electron chi connectivity index (χ3n) is 3.59. The summed E-state index contributed by atoms with van der Waals surface area (Å²) in [6.07, 6.45) is 1.70. The van der Waals surface area contributed by atoms with Gasteiger partial charge in [0.25, 0.3) is 35.8 Å². The van der Waals surface area contributed by atoms with E-state index in [4.69, 9.17) is 0 Å². The van der Waals surface area contributed by atoms with Crippen LogP contribution >= 0.6 is 0 Å². The molecule has 0 bridgehead atoms. The number of carbonyl (C=O) groups is 6. The molecule has 0 atom stereocenters. The molecule has 0 aromatic rings. The fourth-order valence-corrected chi connectivity index (χ4v) is 1.87. The molecule has 0 spiro atoms.